The third-order valence-corrected chi connectivity index (χ3v) is 9.25. The zero-order valence-corrected chi connectivity index (χ0v) is 28.7. The average molecular weight is 656 g/mol. The number of benzene rings is 2. The van der Waals surface area contributed by atoms with E-state index in [2.05, 4.69) is 16.0 Å². The predicted octanol–water partition coefficient (Wildman–Crippen LogP) is 4.94. The summed E-state index contributed by atoms with van der Waals surface area (Å²) < 4.78 is 19.2. The van der Waals surface area contributed by atoms with Crippen LogP contribution in [0.3, 0.4) is 0 Å². The first-order valence-electron chi connectivity index (χ1n) is 16.3. The minimum absolute atomic E-state index is 0.0758. The summed E-state index contributed by atoms with van der Waals surface area (Å²) in [6.45, 7) is 5.86. The number of aryl methyl sites for hydroxylation is 2. The van der Waals surface area contributed by atoms with Gasteiger partial charge in [0.2, 0.25) is 23.0 Å². The van der Waals surface area contributed by atoms with Gasteiger partial charge in [0, 0.05) is 32.5 Å². The van der Waals surface area contributed by atoms with E-state index in [1.165, 1.54) is 6.92 Å². The molecule has 254 valence electrons. The molecule has 48 heavy (non-hydrogen) atoms. The molecule has 11 heteroatoms. The smallest absolute Gasteiger partial charge is 0.242 e. The zero-order chi connectivity index (χ0) is 34.5. The Morgan fingerprint density at radius 2 is 1.79 bits per heavy atom. The van der Waals surface area contributed by atoms with Crippen LogP contribution in [0.4, 0.5) is 5.69 Å². The molecule has 1 heterocycles. The molecule has 11 nitrogen and oxygen atoms in total. The van der Waals surface area contributed by atoms with Gasteiger partial charge in [-0.15, -0.1) is 0 Å². The molecular formula is C37H45N5O6. The van der Waals surface area contributed by atoms with Gasteiger partial charge in [-0.3, -0.25) is 14.4 Å². The van der Waals surface area contributed by atoms with Crippen molar-refractivity contribution in [3.8, 4) is 28.4 Å². The second-order valence-corrected chi connectivity index (χ2v) is 12.2. The molecule has 0 aliphatic heterocycles. The molecule has 1 aliphatic rings. The van der Waals surface area contributed by atoms with Gasteiger partial charge < -0.3 is 34.7 Å². The molecule has 0 bridgehead atoms. The van der Waals surface area contributed by atoms with E-state index in [4.69, 9.17) is 19.2 Å². The summed E-state index contributed by atoms with van der Waals surface area (Å²) in [5.41, 5.74) is 5.00. The third kappa shape index (κ3) is 6.81. The van der Waals surface area contributed by atoms with E-state index in [0.29, 0.717) is 48.6 Å². The number of rotatable bonds is 12. The Labute approximate surface area is 281 Å². The van der Waals surface area contributed by atoms with E-state index in [1.807, 2.05) is 61.9 Å². The summed E-state index contributed by atoms with van der Waals surface area (Å²) in [6.07, 6.45) is 2.42. The van der Waals surface area contributed by atoms with Gasteiger partial charge in [-0.05, 0) is 65.8 Å². The molecule has 3 N–H and O–H groups in total. The molecule has 5 rings (SSSR count). The molecule has 0 saturated heterocycles. The van der Waals surface area contributed by atoms with Gasteiger partial charge in [-0.1, -0.05) is 38.5 Å². The van der Waals surface area contributed by atoms with E-state index in [1.54, 1.807) is 33.5 Å². The van der Waals surface area contributed by atoms with Crippen molar-refractivity contribution in [1.82, 2.24) is 20.2 Å². The Bertz CT molecular complexity index is 1890. The third-order valence-electron chi connectivity index (χ3n) is 9.25. The Morgan fingerprint density at radius 3 is 2.46 bits per heavy atom. The minimum Gasteiger partial charge on any atom is -0.493 e. The van der Waals surface area contributed by atoms with Gasteiger partial charge in [-0.25, -0.2) is 4.98 Å². The zero-order valence-electron chi connectivity index (χ0n) is 28.7. The lowest BCUT2D eigenvalue weighted by Gasteiger charge is -2.24. The van der Waals surface area contributed by atoms with Crippen molar-refractivity contribution >= 4 is 28.5 Å². The van der Waals surface area contributed by atoms with Crippen LogP contribution >= 0.6 is 0 Å². The number of imidazole rings is 1. The highest BCUT2D eigenvalue weighted by atomic mass is 16.5. The molecule has 4 aromatic rings. The molecule has 3 aromatic carbocycles. The van der Waals surface area contributed by atoms with Gasteiger partial charge in [0.25, 0.3) is 0 Å². The largest absolute Gasteiger partial charge is 0.493 e. The Balaban J connectivity index is 1.50. The number of hydrogen-bond donors (Lipinski definition) is 3. The summed E-state index contributed by atoms with van der Waals surface area (Å²) in [6, 6.07) is 13.9. The number of nitrogens with one attached hydrogen (secondary N) is 3. The SMILES string of the molecule is CC[C@H](C)[C@@H](Nc1ccc2c(cc1=O)[C@@H](NC(C)=O)CCc1cc(OC)c(OC)c(OC)c1-2)C(=O)NCCc1nc2ccccc2n1C. The molecule has 3 atom stereocenters. The summed E-state index contributed by atoms with van der Waals surface area (Å²) >= 11 is 0. The number of fused-ring (bicyclic) bond motifs is 4. The number of methoxy groups -OCH3 is 3. The number of amides is 2. The van der Waals surface area contributed by atoms with E-state index < -0.39 is 12.1 Å². The van der Waals surface area contributed by atoms with Crippen molar-refractivity contribution in [1.29, 1.82) is 0 Å². The maximum Gasteiger partial charge on any atom is 0.242 e. The standard InChI is InChI=1S/C37H45N5O6/c1-8-21(2)34(37(45)38-18-17-32-40-27-11-9-10-12-29(27)42(32)4)41-28-16-14-24-25(20-30(28)44)26(39-22(3)43)15-13-23-19-31(46-5)35(47-6)36(48-7)33(23)24/h9-12,14,16,19-21,26,34H,8,13,15,17-18H2,1-7H3,(H,38,45)(H,39,43)(H,41,44)/t21-,26-,34+/m0/s1. The van der Waals surface area contributed by atoms with Crippen LogP contribution < -0.4 is 35.6 Å². The van der Waals surface area contributed by atoms with Crippen LogP contribution in [-0.2, 0) is 29.5 Å². The fourth-order valence-corrected chi connectivity index (χ4v) is 6.52. The predicted molar refractivity (Wildman–Crippen MR) is 187 cm³/mol. The first-order valence-corrected chi connectivity index (χ1v) is 16.3. The molecule has 0 radical (unpaired) electrons. The topological polar surface area (TPSA) is 133 Å². The van der Waals surface area contributed by atoms with E-state index in [9.17, 15) is 14.4 Å². The minimum atomic E-state index is -0.664. The van der Waals surface area contributed by atoms with Crippen molar-refractivity contribution in [3.05, 3.63) is 75.7 Å². The van der Waals surface area contributed by atoms with Crippen molar-refractivity contribution in [2.45, 2.75) is 58.5 Å². The summed E-state index contributed by atoms with van der Waals surface area (Å²) in [4.78, 5) is 44.6. The molecule has 0 spiro atoms. The van der Waals surface area contributed by atoms with E-state index in [0.717, 1.165) is 40.0 Å². The number of aromatic nitrogens is 2. The number of carbonyl (C=O) groups is 2. The summed E-state index contributed by atoms with van der Waals surface area (Å²) in [5, 5.41) is 9.37. The van der Waals surface area contributed by atoms with Crippen LogP contribution in [0.2, 0.25) is 0 Å². The first kappa shape index (κ1) is 34.3. The maximum absolute atomic E-state index is 13.9. The number of para-hydroxylation sites is 2. The molecule has 1 aromatic heterocycles. The fraction of sp³-hybridized carbons (Fsp3) is 0.405. The highest BCUT2D eigenvalue weighted by molar-refractivity contribution is 5.86. The van der Waals surface area contributed by atoms with E-state index in [-0.39, 0.29) is 28.8 Å². The molecule has 0 fully saturated rings. The lowest BCUT2D eigenvalue weighted by Crippen LogP contribution is -2.45. The van der Waals surface area contributed by atoms with Crippen LogP contribution in [-0.4, -0.2) is 55.3 Å². The number of ether oxygens (including phenoxy) is 3. The van der Waals surface area contributed by atoms with Gasteiger partial charge in [0.15, 0.2) is 11.5 Å². The Hall–Kier alpha value is -5.06. The van der Waals surface area contributed by atoms with Crippen molar-refractivity contribution in [2.24, 2.45) is 13.0 Å². The Morgan fingerprint density at radius 1 is 1.04 bits per heavy atom. The van der Waals surface area contributed by atoms with Crippen LogP contribution in [0.1, 0.15) is 56.6 Å². The summed E-state index contributed by atoms with van der Waals surface area (Å²) in [7, 11) is 6.65. The molecular weight excluding hydrogens is 610 g/mol. The van der Waals surface area contributed by atoms with Gasteiger partial charge in [0.1, 0.15) is 11.9 Å². The van der Waals surface area contributed by atoms with Gasteiger partial charge in [0.05, 0.1) is 44.1 Å². The fourth-order valence-electron chi connectivity index (χ4n) is 6.52. The second-order valence-electron chi connectivity index (χ2n) is 12.2. The van der Waals surface area contributed by atoms with Crippen LogP contribution in [0.15, 0.2) is 53.3 Å². The lowest BCUT2D eigenvalue weighted by molar-refractivity contribution is -0.123. The van der Waals surface area contributed by atoms with E-state index >= 15 is 0 Å². The van der Waals surface area contributed by atoms with Crippen LogP contribution in [0, 0.1) is 5.92 Å². The molecule has 1 aliphatic carbocycles. The normalized spacial score (nSPS) is 14.9. The van der Waals surface area contributed by atoms with Gasteiger partial charge in [-0.2, -0.15) is 0 Å². The van der Waals surface area contributed by atoms with Crippen LogP contribution in [0.5, 0.6) is 17.2 Å². The molecule has 0 saturated carbocycles. The molecule has 2 amide bonds. The number of anilines is 1. The highest BCUT2D eigenvalue weighted by Gasteiger charge is 2.30. The molecule has 0 unspecified atom stereocenters. The monoisotopic (exact) mass is 655 g/mol. The van der Waals surface area contributed by atoms with Crippen LogP contribution in [0.25, 0.3) is 22.2 Å². The lowest BCUT2D eigenvalue weighted by atomic mass is 9.95. The van der Waals surface area contributed by atoms with Crippen molar-refractivity contribution < 1.29 is 23.8 Å². The highest BCUT2D eigenvalue weighted by Crippen LogP contribution is 2.50. The average Bonchev–Trinajstić information content (AvgIpc) is 3.21. The number of hydrogen-bond acceptors (Lipinski definition) is 8. The quantitative estimate of drug-likeness (QED) is 0.196. The van der Waals surface area contributed by atoms with Crippen molar-refractivity contribution in [3.63, 3.8) is 0 Å². The number of carbonyl (C=O) groups excluding carboxylic acids is 2. The summed E-state index contributed by atoms with van der Waals surface area (Å²) in [5.74, 6) is 1.83. The maximum atomic E-state index is 13.9. The number of nitrogens with zero attached hydrogens (tertiary/aromatic N) is 2. The first-order chi connectivity index (χ1) is 23.1. The Kier molecular flexibility index (Phi) is 10.6. The van der Waals surface area contributed by atoms with Gasteiger partial charge >= 0.3 is 0 Å². The van der Waals surface area contributed by atoms with Crippen molar-refractivity contribution in [2.75, 3.05) is 33.2 Å². The second kappa shape index (κ2) is 14.8.